The first-order valence-electron chi connectivity index (χ1n) is 4.16. The minimum absolute atomic E-state index is 0.148. The third-order valence-corrected chi connectivity index (χ3v) is 4.37. The zero-order valence-corrected chi connectivity index (χ0v) is 10.3. The second kappa shape index (κ2) is 3.99. The van der Waals surface area contributed by atoms with Gasteiger partial charge in [0.15, 0.2) is 26.0 Å². The van der Waals surface area contributed by atoms with Gasteiger partial charge in [-0.15, -0.1) is 0 Å². The van der Waals surface area contributed by atoms with Crippen molar-refractivity contribution in [3.05, 3.63) is 23.8 Å². The minimum Gasteiger partial charge on any atom is -0.298 e. The van der Waals surface area contributed by atoms with Gasteiger partial charge in [0.25, 0.3) is 0 Å². The first-order chi connectivity index (χ1) is 7.18. The third-order valence-electron chi connectivity index (χ3n) is 1.91. The zero-order valence-electron chi connectivity index (χ0n) is 8.67. The maximum Gasteiger partial charge on any atom is 0.177 e. The molecule has 0 amide bonds. The van der Waals surface area contributed by atoms with Crippen molar-refractivity contribution in [3.8, 4) is 0 Å². The van der Waals surface area contributed by atoms with Crippen molar-refractivity contribution >= 4 is 26.0 Å². The van der Waals surface area contributed by atoms with E-state index in [1.54, 1.807) is 0 Å². The minimum atomic E-state index is -3.77. The van der Waals surface area contributed by atoms with Gasteiger partial charge in [-0.05, 0) is 6.07 Å². The zero-order chi connectivity index (χ0) is 12.6. The molecule has 88 valence electrons. The van der Waals surface area contributed by atoms with Gasteiger partial charge in [-0.3, -0.25) is 4.79 Å². The topological polar surface area (TPSA) is 85.3 Å². The monoisotopic (exact) mass is 262 g/mol. The van der Waals surface area contributed by atoms with Crippen LogP contribution in [0.4, 0.5) is 0 Å². The lowest BCUT2D eigenvalue weighted by atomic mass is 10.2. The largest absolute Gasteiger partial charge is 0.298 e. The van der Waals surface area contributed by atoms with E-state index in [2.05, 4.69) is 0 Å². The molecule has 16 heavy (non-hydrogen) atoms. The quantitative estimate of drug-likeness (QED) is 0.732. The van der Waals surface area contributed by atoms with Gasteiger partial charge in [0.2, 0.25) is 0 Å². The fourth-order valence-electron chi connectivity index (χ4n) is 1.31. The Hall–Kier alpha value is -1.21. The lowest BCUT2D eigenvalue weighted by Gasteiger charge is -2.07. The molecule has 0 aliphatic heterocycles. The molecule has 0 radical (unpaired) electrons. The number of carbonyl (C=O) groups is 1. The smallest absolute Gasteiger partial charge is 0.177 e. The van der Waals surface area contributed by atoms with E-state index in [4.69, 9.17) is 0 Å². The highest BCUT2D eigenvalue weighted by Gasteiger charge is 2.23. The Morgan fingerprint density at radius 1 is 1.00 bits per heavy atom. The van der Waals surface area contributed by atoms with Crippen molar-refractivity contribution in [3.63, 3.8) is 0 Å². The summed E-state index contributed by atoms with van der Waals surface area (Å²) in [5, 5.41) is 0. The van der Waals surface area contributed by atoms with Gasteiger partial charge in [0.05, 0.1) is 9.79 Å². The van der Waals surface area contributed by atoms with Crippen LogP contribution < -0.4 is 0 Å². The predicted octanol–water partition coefficient (Wildman–Crippen LogP) is 0.306. The van der Waals surface area contributed by atoms with Crippen molar-refractivity contribution < 1.29 is 21.6 Å². The van der Waals surface area contributed by atoms with Crippen molar-refractivity contribution in [2.45, 2.75) is 9.79 Å². The molecule has 0 heterocycles. The van der Waals surface area contributed by atoms with Gasteiger partial charge >= 0.3 is 0 Å². The molecule has 1 aromatic rings. The highest BCUT2D eigenvalue weighted by atomic mass is 32.2. The maximum atomic E-state index is 11.5. The second-order valence-electron chi connectivity index (χ2n) is 3.34. The van der Waals surface area contributed by atoms with Gasteiger partial charge < -0.3 is 0 Å². The Labute approximate surface area is 93.9 Å². The summed E-state index contributed by atoms with van der Waals surface area (Å²) in [5.41, 5.74) is -0.148. The molecular formula is C9H10O5S2. The van der Waals surface area contributed by atoms with E-state index in [9.17, 15) is 21.6 Å². The Kier molecular flexibility index (Phi) is 3.20. The van der Waals surface area contributed by atoms with Crippen molar-refractivity contribution in [2.24, 2.45) is 0 Å². The second-order valence-corrected chi connectivity index (χ2v) is 7.27. The molecular weight excluding hydrogens is 252 g/mol. The van der Waals surface area contributed by atoms with Gasteiger partial charge in [0, 0.05) is 18.1 Å². The van der Waals surface area contributed by atoms with Crippen LogP contribution in [0.2, 0.25) is 0 Å². The molecule has 0 fully saturated rings. The third kappa shape index (κ3) is 2.48. The maximum absolute atomic E-state index is 11.5. The Morgan fingerprint density at radius 3 is 1.94 bits per heavy atom. The molecule has 0 aliphatic rings. The number of sulfone groups is 2. The van der Waals surface area contributed by atoms with Crippen LogP contribution in [0.15, 0.2) is 28.0 Å². The molecule has 0 spiro atoms. The van der Waals surface area contributed by atoms with Crippen LogP contribution >= 0.6 is 0 Å². The molecule has 0 saturated heterocycles. The standard InChI is InChI=1S/C9H10O5S2/c1-15(11,12)8-5-3-4-7(6-10)9(8)16(2,13)14/h3-6H,1-2H3. The predicted molar refractivity (Wildman–Crippen MR) is 58.0 cm³/mol. The number of benzene rings is 1. The molecule has 0 bridgehead atoms. The van der Waals surface area contributed by atoms with Crippen LogP contribution in [-0.4, -0.2) is 35.6 Å². The van der Waals surface area contributed by atoms with Gasteiger partial charge in [-0.25, -0.2) is 16.8 Å². The van der Waals surface area contributed by atoms with Crippen molar-refractivity contribution in [1.82, 2.24) is 0 Å². The SMILES string of the molecule is CS(=O)(=O)c1cccc(C=O)c1S(C)(=O)=O. The average molecular weight is 262 g/mol. The van der Waals surface area contributed by atoms with Crippen LogP contribution in [0.5, 0.6) is 0 Å². The number of carbonyl (C=O) groups excluding carboxylic acids is 1. The molecule has 1 aromatic carbocycles. The first kappa shape index (κ1) is 12.9. The summed E-state index contributed by atoms with van der Waals surface area (Å²) in [5.74, 6) is 0. The van der Waals surface area contributed by atoms with E-state index in [1.807, 2.05) is 0 Å². The molecule has 0 aliphatic carbocycles. The van der Waals surface area contributed by atoms with E-state index in [-0.39, 0.29) is 10.5 Å². The van der Waals surface area contributed by atoms with E-state index in [0.29, 0.717) is 6.29 Å². The Bertz CT molecular complexity index is 626. The van der Waals surface area contributed by atoms with Crippen LogP contribution in [0.25, 0.3) is 0 Å². The summed E-state index contributed by atoms with van der Waals surface area (Å²) in [6.45, 7) is 0. The van der Waals surface area contributed by atoms with Crippen LogP contribution in [0.3, 0.4) is 0 Å². The highest BCUT2D eigenvalue weighted by Crippen LogP contribution is 2.23. The fourth-order valence-corrected chi connectivity index (χ4v) is 3.98. The van der Waals surface area contributed by atoms with E-state index >= 15 is 0 Å². The summed E-state index contributed by atoms with van der Waals surface area (Å²) >= 11 is 0. The van der Waals surface area contributed by atoms with Crippen LogP contribution in [0.1, 0.15) is 10.4 Å². The molecule has 0 N–H and O–H groups in total. The summed E-state index contributed by atoms with van der Waals surface area (Å²) < 4.78 is 45.7. The number of hydrogen-bond acceptors (Lipinski definition) is 5. The molecule has 0 atom stereocenters. The van der Waals surface area contributed by atoms with Crippen LogP contribution in [-0.2, 0) is 19.7 Å². The van der Waals surface area contributed by atoms with E-state index in [1.165, 1.54) is 18.2 Å². The van der Waals surface area contributed by atoms with E-state index < -0.39 is 24.6 Å². The molecule has 0 aromatic heterocycles. The lowest BCUT2D eigenvalue weighted by molar-refractivity contribution is 0.112. The Morgan fingerprint density at radius 2 is 1.56 bits per heavy atom. The summed E-state index contributed by atoms with van der Waals surface area (Å²) in [4.78, 5) is 9.91. The van der Waals surface area contributed by atoms with E-state index in [0.717, 1.165) is 12.5 Å². The number of hydrogen-bond donors (Lipinski definition) is 0. The van der Waals surface area contributed by atoms with Crippen molar-refractivity contribution in [2.75, 3.05) is 12.5 Å². The van der Waals surface area contributed by atoms with Gasteiger partial charge in [0.1, 0.15) is 0 Å². The fraction of sp³-hybridized carbons (Fsp3) is 0.222. The molecule has 0 saturated carbocycles. The molecule has 5 nitrogen and oxygen atoms in total. The summed E-state index contributed by atoms with van der Waals surface area (Å²) in [6.07, 6.45) is 2.08. The molecule has 7 heteroatoms. The normalized spacial score (nSPS) is 12.4. The first-order valence-corrected chi connectivity index (χ1v) is 7.94. The van der Waals surface area contributed by atoms with Gasteiger partial charge in [-0.2, -0.15) is 0 Å². The van der Waals surface area contributed by atoms with Crippen LogP contribution in [0, 0.1) is 0 Å². The summed E-state index contributed by atoms with van der Waals surface area (Å²) in [7, 11) is -7.46. The summed E-state index contributed by atoms with van der Waals surface area (Å²) in [6, 6.07) is 3.76. The average Bonchev–Trinajstić information content (AvgIpc) is 2.13. The van der Waals surface area contributed by atoms with Crippen molar-refractivity contribution in [1.29, 1.82) is 0 Å². The highest BCUT2D eigenvalue weighted by molar-refractivity contribution is 7.93. The van der Waals surface area contributed by atoms with Gasteiger partial charge in [-0.1, -0.05) is 12.1 Å². The molecule has 0 unspecified atom stereocenters. The lowest BCUT2D eigenvalue weighted by Crippen LogP contribution is -2.10. The molecule has 1 rings (SSSR count). The number of rotatable bonds is 3. The Balaban J connectivity index is 3.86. The number of aldehydes is 1.